The van der Waals surface area contributed by atoms with E-state index in [1.165, 1.54) is 0 Å². The van der Waals surface area contributed by atoms with Crippen LogP contribution in [0.2, 0.25) is 0 Å². The average molecular weight is 202 g/mol. The molecule has 1 rings (SSSR count). The molecule has 0 radical (unpaired) electrons. The second kappa shape index (κ2) is 5.10. The Labute approximate surface area is 86.7 Å². The molecular formula is C11H22O3. The summed E-state index contributed by atoms with van der Waals surface area (Å²) in [6, 6.07) is 0. The van der Waals surface area contributed by atoms with E-state index in [4.69, 9.17) is 14.2 Å². The fourth-order valence-corrected chi connectivity index (χ4v) is 1.10. The van der Waals surface area contributed by atoms with Gasteiger partial charge in [-0.2, -0.15) is 0 Å². The maximum Gasteiger partial charge on any atom is 0.104 e. The van der Waals surface area contributed by atoms with E-state index in [9.17, 15) is 0 Å². The van der Waals surface area contributed by atoms with Gasteiger partial charge in [-0.3, -0.25) is 0 Å². The summed E-state index contributed by atoms with van der Waals surface area (Å²) in [6.45, 7) is 10.6. The minimum absolute atomic E-state index is 0.0964. The van der Waals surface area contributed by atoms with Gasteiger partial charge in [0.05, 0.1) is 24.9 Å². The molecule has 1 fully saturated rings. The van der Waals surface area contributed by atoms with E-state index >= 15 is 0 Å². The van der Waals surface area contributed by atoms with E-state index in [-0.39, 0.29) is 5.60 Å². The third-order valence-electron chi connectivity index (χ3n) is 2.22. The fourth-order valence-electron chi connectivity index (χ4n) is 1.10. The zero-order valence-electron chi connectivity index (χ0n) is 9.71. The maximum atomic E-state index is 5.73. The highest BCUT2D eigenvalue weighted by Crippen LogP contribution is 2.18. The third-order valence-corrected chi connectivity index (χ3v) is 2.22. The molecule has 1 unspecified atom stereocenters. The molecule has 0 amide bonds. The lowest BCUT2D eigenvalue weighted by Gasteiger charge is -2.25. The highest BCUT2D eigenvalue weighted by Gasteiger charge is 2.27. The Morgan fingerprint density at radius 3 is 2.57 bits per heavy atom. The topological polar surface area (TPSA) is 31.0 Å². The van der Waals surface area contributed by atoms with Gasteiger partial charge in [0, 0.05) is 6.61 Å². The van der Waals surface area contributed by atoms with Gasteiger partial charge in [-0.05, 0) is 34.1 Å². The van der Waals surface area contributed by atoms with E-state index in [1.54, 1.807) is 0 Å². The molecule has 1 atom stereocenters. The van der Waals surface area contributed by atoms with Crippen molar-refractivity contribution in [1.29, 1.82) is 0 Å². The summed E-state index contributed by atoms with van der Waals surface area (Å²) in [5.41, 5.74) is -0.0964. The van der Waals surface area contributed by atoms with Gasteiger partial charge < -0.3 is 14.2 Å². The maximum absolute atomic E-state index is 5.73. The monoisotopic (exact) mass is 202 g/mol. The molecule has 3 heteroatoms. The summed E-state index contributed by atoms with van der Waals surface area (Å²) in [5, 5.41) is 0. The van der Waals surface area contributed by atoms with Crippen molar-refractivity contribution in [3.8, 4) is 0 Å². The van der Waals surface area contributed by atoms with Crippen molar-refractivity contribution < 1.29 is 14.2 Å². The van der Waals surface area contributed by atoms with Gasteiger partial charge in [-0.1, -0.05) is 0 Å². The highest BCUT2D eigenvalue weighted by molar-refractivity contribution is 4.73. The lowest BCUT2D eigenvalue weighted by Crippen LogP contribution is -2.28. The van der Waals surface area contributed by atoms with Gasteiger partial charge in [0.2, 0.25) is 0 Å². The van der Waals surface area contributed by atoms with Crippen LogP contribution in [0.5, 0.6) is 0 Å². The van der Waals surface area contributed by atoms with E-state index in [1.807, 2.05) is 13.8 Å². The molecule has 0 aromatic heterocycles. The van der Waals surface area contributed by atoms with Crippen molar-refractivity contribution in [2.24, 2.45) is 0 Å². The van der Waals surface area contributed by atoms with E-state index in [0.717, 1.165) is 19.6 Å². The van der Waals surface area contributed by atoms with Crippen LogP contribution in [0.4, 0.5) is 0 Å². The Morgan fingerprint density at radius 2 is 2.07 bits per heavy atom. The van der Waals surface area contributed by atoms with Crippen LogP contribution in [0.3, 0.4) is 0 Å². The number of epoxide rings is 1. The third kappa shape index (κ3) is 5.58. The summed E-state index contributed by atoms with van der Waals surface area (Å²) in [4.78, 5) is 0. The van der Waals surface area contributed by atoms with Gasteiger partial charge in [-0.15, -0.1) is 0 Å². The van der Waals surface area contributed by atoms with Crippen molar-refractivity contribution in [3.63, 3.8) is 0 Å². The quantitative estimate of drug-likeness (QED) is 0.592. The molecule has 0 spiro atoms. The Kier molecular flexibility index (Phi) is 4.35. The molecule has 3 nitrogen and oxygen atoms in total. The molecule has 0 saturated carbocycles. The molecule has 1 aliphatic rings. The lowest BCUT2D eigenvalue weighted by molar-refractivity contribution is -0.0518. The normalized spacial score (nSPS) is 21.6. The van der Waals surface area contributed by atoms with Crippen LogP contribution in [0.25, 0.3) is 0 Å². The second-order valence-electron chi connectivity index (χ2n) is 4.70. The number of hydrogen-bond donors (Lipinski definition) is 0. The standard InChI is InChI=1S/C11H22O3/c1-9(2)12-6-5-11(3,4)14-8-10-7-13-10/h9-10H,5-8H2,1-4H3. The average Bonchev–Trinajstić information content (AvgIpc) is 2.82. The Hall–Kier alpha value is -0.120. The van der Waals surface area contributed by atoms with Crippen molar-refractivity contribution in [1.82, 2.24) is 0 Å². The van der Waals surface area contributed by atoms with E-state index in [0.29, 0.717) is 18.8 Å². The molecule has 14 heavy (non-hydrogen) atoms. The number of rotatable bonds is 7. The second-order valence-corrected chi connectivity index (χ2v) is 4.70. The van der Waals surface area contributed by atoms with Crippen molar-refractivity contribution in [2.45, 2.75) is 51.9 Å². The first-order valence-corrected chi connectivity index (χ1v) is 5.37. The first kappa shape index (κ1) is 12.0. The van der Waals surface area contributed by atoms with Crippen LogP contribution in [-0.4, -0.2) is 37.6 Å². The van der Waals surface area contributed by atoms with Gasteiger partial charge in [0.1, 0.15) is 6.10 Å². The molecule has 0 aromatic carbocycles. The Morgan fingerprint density at radius 1 is 1.43 bits per heavy atom. The SMILES string of the molecule is CC(C)OCCC(C)(C)OCC1CO1. The predicted molar refractivity (Wildman–Crippen MR) is 55.5 cm³/mol. The molecule has 0 aliphatic carbocycles. The van der Waals surface area contributed by atoms with Crippen molar-refractivity contribution >= 4 is 0 Å². The fraction of sp³-hybridized carbons (Fsp3) is 1.00. The van der Waals surface area contributed by atoms with Gasteiger partial charge in [0.25, 0.3) is 0 Å². The molecule has 0 bridgehead atoms. The molecule has 84 valence electrons. The van der Waals surface area contributed by atoms with Crippen LogP contribution in [0.1, 0.15) is 34.1 Å². The minimum Gasteiger partial charge on any atom is -0.379 e. The first-order chi connectivity index (χ1) is 6.49. The number of hydrogen-bond acceptors (Lipinski definition) is 3. The molecule has 0 N–H and O–H groups in total. The van der Waals surface area contributed by atoms with Gasteiger partial charge >= 0.3 is 0 Å². The van der Waals surface area contributed by atoms with Crippen LogP contribution in [0, 0.1) is 0 Å². The van der Waals surface area contributed by atoms with Crippen LogP contribution >= 0.6 is 0 Å². The summed E-state index contributed by atoms with van der Waals surface area (Å²) in [6.07, 6.45) is 1.58. The smallest absolute Gasteiger partial charge is 0.104 e. The summed E-state index contributed by atoms with van der Waals surface area (Å²) in [7, 11) is 0. The highest BCUT2D eigenvalue weighted by atomic mass is 16.6. The molecule has 1 heterocycles. The van der Waals surface area contributed by atoms with E-state index in [2.05, 4.69) is 13.8 Å². The van der Waals surface area contributed by atoms with Gasteiger partial charge in [0.15, 0.2) is 0 Å². The van der Waals surface area contributed by atoms with Crippen LogP contribution in [-0.2, 0) is 14.2 Å². The first-order valence-electron chi connectivity index (χ1n) is 5.37. The lowest BCUT2D eigenvalue weighted by atomic mass is 10.1. The Balaban J connectivity index is 2.05. The van der Waals surface area contributed by atoms with E-state index < -0.39 is 0 Å². The summed E-state index contributed by atoms with van der Waals surface area (Å²) in [5.74, 6) is 0. The summed E-state index contributed by atoms with van der Waals surface area (Å²) >= 11 is 0. The molecule has 1 saturated heterocycles. The van der Waals surface area contributed by atoms with Crippen LogP contribution < -0.4 is 0 Å². The molecule has 1 aliphatic heterocycles. The molecular weight excluding hydrogens is 180 g/mol. The number of ether oxygens (including phenoxy) is 3. The minimum atomic E-state index is -0.0964. The zero-order valence-corrected chi connectivity index (χ0v) is 9.71. The zero-order chi connectivity index (χ0) is 10.6. The van der Waals surface area contributed by atoms with Gasteiger partial charge in [-0.25, -0.2) is 0 Å². The van der Waals surface area contributed by atoms with Crippen molar-refractivity contribution in [2.75, 3.05) is 19.8 Å². The van der Waals surface area contributed by atoms with Crippen molar-refractivity contribution in [3.05, 3.63) is 0 Å². The summed E-state index contributed by atoms with van der Waals surface area (Å²) < 4.78 is 16.3. The largest absolute Gasteiger partial charge is 0.379 e. The predicted octanol–water partition coefficient (Wildman–Crippen LogP) is 2.00. The Bertz CT molecular complexity index is 162. The van der Waals surface area contributed by atoms with Crippen LogP contribution in [0.15, 0.2) is 0 Å². The molecule has 0 aromatic rings.